The molecular formula is C22H31N5O4. The van der Waals surface area contributed by atoms with Gasteiger partial charge in [-0.2, -0.15) is 0 Å². The van der Waals surface area contributed by atoms with Crippen molar-refractivity contribution in [2.75, 3.05) is 26.8 Å². The van der Waals surface area contributed by atoms with E-state index in [0.29, 0.717) is 37.2 Å². The Balaban J connectivity index is 1.65. The van der Waals surface area contributed by atoms with Crippen LogP contribution in [0, 0.1) is 5.92 Å². The maximum Gasteiger partial charge on any atom is 0.277 e. The molecule has 2 amide bonds. The van der Waals surface area contributed by atoms with Gasteiger partial charge in [0, 0.05) is 38.6 Å². The smallest absolute Gasteiger partial charge is 0.277 e. The molecule has 2 aliphatic rings. The lowest BCUT2D eigenvalue weighted by Gasteiger charge is -2.36. The highest BCUT2D eigenvalue weighted by Crippen LogP contribution is 2.31. The van der Waals surface area contributed by atoms with Gasteiger partial charge in [-0.3, -0.25) is 19.5 Å². The van der Waals surface area contributed by atoms with Gasteiger partial charge < -0.3 is 14.5 Å². The van der Waals surface area contributed by atoms with E-state index in [0.717, 1.165) is 37.2 Å². The predicted molar refractivity (Wildman–Crippen MR) is 115 cm³/mol. The third-order valence-corrected chi connectivity index (χ3v) is 6.29. The van der Waals surface area contributed by atoms with Crippen molar-refractivity contribution >= 4 is 17.5 Å². The first kappa shape index (κ1) is 21.5. The normalized spacial score (nSPS) is 19.2. The van der Waals surface area contributed by atoms with Crippen molar-refractivity contribution in [2.24, 2.45) is 5.92 Å². The number of hydrogen-bond acceptors (Lipinski definition) is 5. The minimum Gasteiger partial charge on any atom is -0.384 e. The minimum absolute atomic E-state index is 0.0192. The number of carbonyl (C=O) groups excluding carboxylic acids is 2. The molecule has 1 saturated heterocycles. The number of rotatable bonds is 5. The zero-order valence-corrected chi connectivity index (χ0v) is 18.5. The number of H-pyrrole nitrogens is 1. The molecule has 9 heteroatoms. The number of aromatic nitrogens is 3. The van der Waals surface area contributed by atoms with Gasteiger partial charge in [0.2, 0.25) is 11.8 Å². The fourth-order valence-corrected chi connectivity index (χ4v) is 4.58. The molecule has 0 aliphatic carbocycles. The van der Waals surface area contributed by atoms with Crippen LogP contribution in [0.5, 0.6) is 0 Å². The van der Waals surface area contributed by atoms with Crippen LogP contribution in [0.15, 0.2) is 10.9 Å². The highest BCUT2D eigenvalue weighted by atomic mass is 16.5. The van der Waals surface area contributed by atoms with Gasteiger partial charge in [0.25, 0.3) is 5.56 Å². The van der Waals surface area contributed by atoms with Gasteiger partial charge in [0.05, 0.1) is 42.6 Å². The van der Waals surface area contributed by atoms with E-state index in [1.807, 2.05) is 24.8 Å². The van der Waals surface area contributed by atoms with Crippen molar-refractivity contribution in [3.8, 4) is 0 Å². The number of amides is 2. The van der Waals surface area contributed by atoms with Crippen LogP contribution in [0.25, 0.3) is 5.65 Å². The van der Waals surface area contributed by atoms with E-state index >= 15 is 0 Å². The maximum absolute atomic E-state index is 13.2. The molecule has 0 unspecified atom stereocenters. The van der Waals surface area contributed by atoms with Gasteiger partial charge in [-0.15, -0.1) is 0 Å². The summed E-state index contributed by atoms with van der Waals surface area (Å²) in [5.41, 5.74) is 2.55. The van der Waals surface area contributed by atoms with Crippen molar-refractivity contribution in [3.05, 3.63) is 33.4 Å². The Bertz CT molecular complexity index is 1040. The number of aromatic amines is 1. The van der Waals surface area contributed by atoms with Crippen LogP contribution in [0.2, 0.25) is 0 Å². The summed E-state index contributed by atoms with van der Waals surface area (Å²) >= 11 is 0. The zero-order chi connectivity index (χ0) is 22.1. The fourth-order valence-electron chi connectivity index (χ4n) is 4.58. The Labute approximate surface area is 181 Å². The molecular weight excluding hydrogens is 398 g/mol. The number of fused-ring (bicyclic) bond motifs is 2. The number of carbonyl (C=O) groups is 2. The van der Waals surface area contributed by atoms with E-state index in [-0.39, 0.29) is 35.9 Å². The fraction of sp³-hybridized carbons (Fsp3) is 0.636. The van der Waals surface area contributed by atoms with E-state index in [1.165, 1.54) is 4.52 Å². The molecule has 0 spiro atoms. The summed E-state index contributed by atoms with van der Waals surface area (Å²) in [5, 5.41) is 3.21. The first-order chi connectivity index (χ1) is 14.9. The second-order valence-corrected chi connectivity index (χ2v) is 8.75. The number of ether oxygens (including phenoxy) is 1. The van der Waals surface area contributed by atoms with Crippen molar-refractivity contribution in [3.63, 3.8) is 0 Å². The summed E-state index contributed by atoms with van der Waals surface area (Å²) < 4.78 is 6.46. The summed E-state index contributed by atoms with van der Waals surface area (Å²) in [5.74, 6) is 0.0437. The Morgan fingerprint density at radius 1 is 1.29 bits per heavy atom. The molecule has 0 saturated carbocycles. The molecule has 1 N–H and O–H groups in total. The van der Waals surface area contributed by atoms with E-state index in [9.17, 15) is 14.4 Å². The summed E-state index contributed by atoms with van der Waals surface area (Å²) in [7, 11) is 1.57. The summed E-state index contributed by atoms with van der Waals surface area (Å²) in [6.45, 7) is 5.75. The maximum atomic E-state index is 13.2. The molecule has 2 aromatic heterocycles. The van der Waals surface area contributed by atoms with Crippen molar-refractivity contribution in [1.82, 2.24) is 24.4 Å². The van der Waals surface area contributed by atoms with Gasteiger partial charge in [0.1, 0.15) is 0 Å². The van der Waals surface area contributed by atoms with Crippen LogP contribution < -0.4 is 5.56 Å². The molecule has 31 heavy (non-hydrogen) atoms. The van der Waals surface area contributed by atoms with Gasteiger partial charge in [-0.1, -0.05) is 13.8 Å². The zero-order valence-electron chi connectivity index (χ0n) is 18.5. The molecule has 1 fully saturated rings. The Morgan fingerprint density at radius 2 is 2.10 bits per heavy atom. The largest absolute Gasteiger partial charge is 0.384 e. The number of likely N-dealkylation sites (tertiary alicyclic amines) is 1. The lowest BCUT2D eigenvalue weighted by atomic mass is 9.97. The third kappa shape index (κ3) is 4.11. The molecule has 2 aliphatic heterocycles. The predicted octanol–water partition coefficient (Wildman–Crippen LogP) is 1.65. The van der Waals surface area contributed by atoms with Gasteiger partial charge in [-0.25, -0.2) is 9.50 Å². The highest BCUT2D eigenvalue weighted by molar-refractivity contribution is 5.78. The third-order valence-electron chi connectivity index (χ3n) is 6.29. The van der Waals surface area contributed by atoms with Crippen LogP contribution in [0.3, 0.4) is 0 Å². The first-order valence-corrected chi connectivity index (χ1v) is 11.1. The van der Waals surface area contributed by atoms with E-state index < -0.39 is 0 Å². The van der Waals surface area contributed by atoms with Crippen molar-refractivity contribution < 1.29 is 14.3 Å². The molecule has 168 valence electrons. The van der Waals surface area contributed by atoms with Crippen LogP contribution in [-0.2, 0) is 27.3 Å². The van der Waals surface area contributed by atoms with Gasteiger partial charge in [0.15, 0.2) is 5.65 Å². The molecule has 4 heterocycles. The SMILES string of the molecule is COCCC(=O)N1CCc2nc3cc([C@H]4CCCCN4C(=O)C(C)C)[nH]n3c(=O)c2C1. The molecule has 0 radical (unpaired) electrons. The van der Waals surface area contributed by atoms with Gasteiger partial charge >= 0.3 is 0 Å². The topological polar surface area (TPSA) is 100 Å². The average molecular weight is 430 g/mol. The lowest BCUT2D eigenvalue weighted by Crippen LogP contribution is -2.41. The van der Waals surface area contributed by atoms with Crippen LogP contribution in [0.4, 0.5) is 0 Å². The monoisotopic (exact) mass is 429 g/mol. The quantitative estimate of drug-likeness (QED) is 0.779. The van der Waals surface area contributed by atoms with Crippen LogP contribution in [-0.4, -0.2) is 63.0 Å². The summed E-state index contributed by atoms with van der Waals surface area (Å²) in [4.78, 5) is 46.7. The number of methoxy groups -OCH3 is 1. The number of nitrogens with zero attached hydrogens (tertiary/aromatic N) is 4. The van der Waals surface area contributed by atoms with Crippen LogP contribution in [0.1, 0.15) is 62.5 Å². The molecule has 2 aromatic rings. The number of nitrogens with one attached hydrogen (secondary N) is 1. The first-order valence-electron chi connectivity index (χ1n) is 11.1. The average Bonchev–Trinajstić information content (AvgIpc) is 3.21. The summed E-state index contributed by atoms with van der Waals surface area (Å²) in [6.07, 6.45) is 3.76. The standard InChI is InChI=1S/C22H31N5O4/c1-14(2)21(29)26-9-5-4-6-18(26)17-12-19-23-16-7-10-25(20(28)8-11-31-3)13-15(16)22(30)27(19)24-17/h12,14,18,24H,4-11,13H2,1-3H3/t18-/m1/s1. The van der Waals surface area contributed by atoms with Crippen molar-refractivity contribution in [2.45, 2.75) is 58.5 Å². The lowest BCUT2D eigenvalue weighted by molar-refractivity contribution is -0.138. The molecule has 0 bridgehead atoms. The van der Waals surface area contributed by atoms with E-state index in [4.69, 9.17) is 9.72 Å². The summed E-state index contributed by atoms with van der Waals surface area (Å²) in [6, 6.07) is 1.82. The number of piperidine rings is 1. The number of hydrogen-bond donors (Lipinski definition) is 1. The van der Waals surface area contributed by atoms with E-state index in [1.54, 1.807) is 12.0 Å². The Kier molecular flexibility index (Phi) is 6.13. The minimum atomic E-state index is -0.173. The van der Waals surface area contributed by atoms with Crippen LogP contribution >= 0.6 is 0 Å². The molecule has 1 atom stereocenters. The second kappa shape index (κ2) is 8.82. The second-order valence-electron chi connectivity index (χ2n) is 8.75. The highest BCUT2D eigenvalue weighted by Gasteiger charge is 2.31. The molecule has 0 aromatic carbocycles. The Hall–Kier alpha value is -2.68. The Morgan fingerprint density at radius 3 is 2.84 bits per heavy atom. The van der Waals surface area contributed by atoms with Crippen molar-refractivity contribution in [1.29, 1.82) is 0 Å². The molecule has 9 nitrogen and oxygen atoms in total. The molecule has 4 rings (SSSR count). The van der Waals surface area contributed by atoms with E-state index in [2.05, 4.69) is 5.10 Å². The van der Waals surface area contributed by atoms with Gasteiger partial charge in [-0.05, 0) is 19.3 Å².